The van der Waals surface area contributed by atoms with Gasteiger partial charge in [-0.2, -0.15) is 0 Å². The van der Waals surface area contributed by atoms with Crippen LogP contribution in [0.5, 0.6) is 5.75 Å². The molecule has 0 aliphatic carbocycles. The number of nitrogens with zero attached hydrogens (tertiary/aromatic N) is 2. The molecule has 0 spiro atoms. The Bertz CT molecular complexity index is 947. The molecule has 0 bridgehead atoms. The molecule has 0 atom stereocenters. The van der Waals surface area contributed by atoms with Gasteiger partial charge in [0.05, 0.1) is 13.2 Å². The van der Waals surface area contributed by atoms with Crippen LogP contribution in [-0.2, 0) is 22.6 Å². The van der Waals surface area contributed by atoms with Crippen LogP contribution < -0.4 is 10.1 Å². The number of hydrogen-bond acceptors (Lipinski definition) is 4. The molecule has 29 heavy (non-hydrogen) atoms. The molecule has 6 heteroatoms. The lowest BCUT2D eigenvalue weighted by atomic mass is 10.2. The van der Waals surface area contributed by atoms with E-state index in [0.29, 0.717) is 19.7 Å². The summed E-state index contributed by atoms with van der Waals surface area (Å²) in [5.74, 6) is 0.807. The predicted octanol–water partition coefficient (Wildman–Crippen LogP) is 2.67. The molecule has 0 saturated carbocycles. The molecular formula is C23H27N3O3. The highest BCUT2D eigenvalue weighted by molar-refractivity contribution is 5.83. The van der Waals surface area contributed by atoms with Gasteiger partial charge in [0, 0.05) is 43.5 Å². The Balaban J connectivity index is 1.29. The maximum absolute atomic E-state index is 12.5. The average Bonchev–Trinajstić information content (AvgIpc) is 3.17. The van der Waals surface area contributed by atoms with Gasteiger partial charge in [-0.25, -0.2) is 0 Å². The van der Waals surface area contributed by atoms with Crippen LogP contribution in [0.2, 0.25) is 0 Å². The summed E-state index contributed by atoms with van der Waals surface area (Å²) in [6.07, 6.45) is 1.95. The van der Waals surface area contributed by atoms with Crippen LogP contribution in [0.3, 0.4) is 0 Å². The van der Waals surface area contributed by atoms with E-state index in [1.165, 1.54) is 0 Å². The average molecular weight is 393 g/mol. The number of rotatable bonds is 8. The van der Waals surface area contributed by atoms with E-state index in [9.17, 15) is 4.79 Å². The zero-order chi connectivity index (χ0) is 19.9. The van der Waals surface area contributed by atoms with Crippen molar-refractivity contribution in [2.75, 3.05) is 39.5 Å². The van der Waals surface area contributed by atoms with E-state index < -0.39 is 0 Å². The van der Waals surface area contributed by atoms with Gasteiger partial charge >= 0.3 is 0 Å². The first kappa shape index (κ1) is 19.5. The molecule has 1 aliphatic heterocycles. The Labute approximate surface area is 171 Å². The molecule has 6 nitrogen and oxygen atoms in total. The lowest BCUT2D eigenvalue weighted by Gasteiger charge is -2.26. The Hall–Kier alpha value is -2.83. The van der Waals surface area contributed by atoms with Crippen molar-refractivity contribution in [2.45, 2.75) is 13.1 Å². The third kappa shape index (κ3) is 5.16. The summed E-state index contributed by atoms with van der Waals surface area (Å²) in [5.41, 5.74) is 2.05. The first-order chi connectivity index (χ1) is 14.3. The summed E-state index contributed by atoms with van der Waals surface area (Å²) in [4.78, 5) is 14.8. The number of carbonyl (C=O) groups is 1. The molecule has 1 N–H and O–H groups in total. The minimum atomic E-state index is -0.0190. The van der Waals surface area contributed by atoms with E-state index in [1.54, 1.807) is 0 Å². The second-order valence-corrected chi connectivity index (χ2v) is 7.19. The van der Waals surface area contributed by atoms with Crippen molar-refractivity contribution in [3.63, 3.8) is 0 Å². The highest BCUT2D eigenvalue weighted by atomic mass is 16.5. The molecule has 2 aromatic carbocycles. The van der Waals surface area contributed by atoms with Crippen LogP contribution in [0.15, 0.2) is 60.8 Å². The first-order valence-electron chi connectivity index (χ1n) is 10.1. The van der Waals surface area contributed by atoms with E-state index in [-0.39, 0.29) is 5.91 Å². The summed E-state index contributed by atoms with van der Waals surface area (Å²) in [5, 5.41) is 4.15. The molecule has 1 aliphatic rings. The SMILES string of the molecule is O=C(Cn1ccc2ccccc21)NCc1ccccc1OCCN1CCOCC1. The van der Waals surface area contributed by atoms with Crippen molar-refractivity contribution < 1.29 is 14.3 Å². The number of ether oxygens (including phenoxy) is 2. The third-order valence-corrected chi connectivity index (χ3v) is 5.21. The van der Waals surface area contributed by atoms with Crippen molar-refractivity contribution in [2.24, 2.45) is 0 Å². The molecule has 1 aromatic heterocycles. The summed E-state index contributed by atoms with van der Waals surface area (Å²) >= 11 is 0. The molecule has 3 aromatic rings. The summed E-state index contributed by atoms with van der Waals surface area (Å²) < 4.78 is 13.3. The molecule has 1 amide bonds. The van der Waals surface area contributed by atoms with Gasteiger partial charge in [0.15, 0.2) is 0 Å². The molecule has 1 saturated heterocycles. The van der Waals surface area contributed by atoms with Crippen LogP contribution in [0.25, 0.3) is 10.9 Å². The van der Waals surface area contributed by atoms with Gasteiger partial charge in [0.1, 0.15) is 18.9 Å². The topological polar surface area (TPSA) is 55.7 Å². The fourth-order valence-electron chi connectivity index (χ4n) is 3.58. The van der Waals surface area contributed by atoms with Gasteiger partial charge < -0.3 is 19.4 Å². The number of para-hydroxylation sites is 2. The van der Waals surface area contributed by atoms with Crippen molar-refractivity contribution in [1.29, 1.82) is 0 Å². The number of carbonyl (C=O) groups excluding carboxylic acids is 1. The van der Waals surface area contributed by atoms with Crippen molar-refractivity contribution in [3.8, 4) is 5.75 Å². The van der Waals surface area contributed by atoms with E-state index in [2.05, 4.69) is 10.2 Å². The zero-order valence-corrected chi connectivity index (χ0v) is 16.5. The van der Waals surface area contributed by atoms with E-state index in [1.807, 2.05) is 65.4 Å². The highest BCUT2D eigenvalue weighted by Crippen LogP contribution is 2.18. The van der Waals surface area contributed by atoms with Crippen molar-refractivity contribution >= 4 is 16.8 Å². The van der Waals surface area contributed by atoms with Gasteiger partial charge in [0.2, 0.25) is 5.91 Å². The zero-order valence-electron chi connectivity index (χ0n) is 16.5. The molecular weight excluding hydrogens is 366 g/mol. The maximum Gasteiger partial charge on any atom is 0.240 e. The number of fused-ring (bicyclic) bond motifs is 1. The number of benzene rings is 2. The van der Waals surface area contributed by atoms with Crippen LogP contribution in [0.1, 0.15) is 5.56 Å². The fraction of sp³-hybridized carbons (Fsp3) is 0.348. The largest absolute Gasteiger partial charge is 0.492 e. The van der Waals surface area contributed by atoms with Crippen LogP contribution in [0.4, 0.5) is 0 Å². The van der Waals surface area contributed by atoms with Crippen molar-refractivity contribution in [1.82, 2.24) is 14.8 Å². The normalized spacial score (nSPS) is 14.8. The first-order valence-corrected chi connectivity index (χ1v) is 10.1. The quantitative estimate of drug-likeness (QED) is 0.639. The minimum absolute atomic E-state index is 0.0190. The van der Waals surface area contributed by atoms with Gasteiger partial charge in [-0.1, -0.05) is 36.4 Å². The molecule has 0 unspecified atom stereocenters. The highest BCUT2D eigenvalue weighted by Gasteiger charge is 2.11. The molecule has 0 radical (unpaired) electrons. The summed E-state index contributed by atoms with van der Waals surface area (Å²) in [6, 6.07) is 18.0. The number of amides is 1. The molecule has 4 rings (SSSR count). The molecule has 1 fully saturated rings. The van der Waals surface area contributed by atoms with Crippen LogP contribution in [0, 0.1) is 0 Å². The Morgan fingerprint density at radius 1 is 1.03 bits per heavy atom. The Kier molecular flexibility index (Phi) is 6.44. The monoisotopic (exact) mass is 393 g/mol. The summed E-state index contributed by atoms with van der Waals surface area (Å²) in [7, 11) is 0. The van der Waals surface area contributed by atoms with E-state index in [0.717, 1.165) is 55.1 Å². The van der Waals surface area contributed by atoms with Crippen LogP contribution in [-0.4, -0.2) is 54.8 Å². The second-order valence-electron chi connectivity index (χ2n) is 7.19. The van der Waals surface area contributed by atoms with Crippen LogP contribution >= 0.6 is 0 Å². The number of morpholine rings is 1. The Morgan fingerprint density at radius 3 is 2.72 bits per heavy atom. The maximum atomic E-state index is 12.5. The lowest BCUT2D eigenvalue weighted by molar-refractivity contribution is -0.121. The third-order valence-electron chi connectivity index (χ3n) is 5.21. The van der Waals surface area contributed by atoms with Crippen molar-refractivity contribution in [3.05, 3.63) is 66.4 Å². The number of nitrogens with one attached hydrogen (secondary N) is 1. The predicted molar refractivity (Wildman–Crippen MR) is 113 cm³/mol. The number of aromatic nitrogens is 1. The van der Waals surface area contributed by atoms with Gasteiger partial charge in [-0.3, -0.25) is 9.69 Å². The minimum Gasteiger partial charge on any atom is -0.492 e. The summed E-state index contributed by atoms with van der Waals surface area (Å²) in [6.45, 7) is 5.74. The van der Waals surface area contributed by atoms with E-state index in [4.69, 9.17) is 9.47 Å². The van der Waals surface area contributed by atoms with Gasteiger partial charge in [-0.05, 0) is 23.6 Å². The molecule has 152 valence electrons. The van der Waals surface area contributed by atoms with E-state index >= 15 is 0 Å². The van der Waals surface area contributed by atoms with Gasteiger partial charge in [-0.15, -0.1) is 0 Å². The standard InChI is InChI=1S/C23H27N3O3/c27-23(18-26-10-9-19-5-1-3-7-21(19)26)24-17-20-6-2-4-8-22(20)29-16-13-25-11-14-28-15-12-25/h1-10H,11-18H2,(H,24,27). The fourth-order valence-corrected chi connectivity index (χ4v) is 3.58. The number of hydrogen-bond donors (Lipinski definition) is 1. The lowest BCUT2D eigenvalue weighted by Crippen LogP contribution is -2.38. The Morgan fingerprint density at radius 2 is 1.83 bits per heavy atom. The smallest absolute Gasteiger partial charge is 0.240 e. The van der Waals surface area contributed by atoms with Gasteiger partial charge in [0.25, 0.3) is 0 Å². The molecule has 2 heterocycles. The second kappa shape index (κ2) is 9.58.